The minimum atomic E-state index is -0.986. The average Bonchev–Trinajstić information content (AvgIpc) is 2.19. The van der Waals surface area contributed by atoms with E-state index in [2.05, 4.69) is 15.0 Å². The summed E-state index contributed by atoms with van der Waals surface area (Å²) in [5, 5.41) is 10.5. The van der Waals surface area contributed by atoms with Crippen LogP contribution in [0.3, 0.4) is 0 Å². The van der Waals surface area contributed by atoms with Crippen LogP contribution >= 0.6 is 11.6 Å². The molecule has 2 aromatic rings. The van der Waals surface area contributed by atoms with Crippen LogP contribution in [0.2, 0.25) is 5.15 Å². The lowest BCUT2D eigenvalue weighted by Crippen LogP contribution is -2.29. The minimum absolute atomic E-state index is 0.135. The molecule has 0 aromatic carbocycles. The number of H-pyrrole nitrogens is 2. The van der Waals surface area contributed by atoms with Gasteiger partial charge < -0.3 is 9.97 Å². The highest BCUT2D eigenvalue weighted by Crippen LogP contribution is 2.22. The molecule has 0 unspecified atom stereocenters. The summed E-state index contributed by atoms with van der Waals surface area (Å²) < 4.78 is 0. The number of fused-ring (bicyclic) bond motifs is 1. The first kappa shape index (κ1) is 10.3. The highest BCUT2D eigenvalue weighted by molar-refractivity contribution is 6.30. The largest absolute Gasteiger partial charge is 0.315 e. The highest BCUT2D eigenvalue weighted by atomic mass is 35.5. The van der Waals surface area contributed by atoms with E-state index in [4.69, 9.17) is 11.6 Å². The third-order valence-electron chi connectivity index (χ3n) is 1.84. The van der Waals surface area contributed by atoms with Crippen molar-refractivity contribution >= 4 is 28.5 Å². The summed E-state index contributed by atoms with van der Waals surface area (Å²) in [5.41, 5.74) is -2.66. The zero-order chi connectivity index (χ0) is 11.9. The predicted molar refractivity (Wildman–Crippen MR) is 54.6 cm³/mol. The molecule has 0 fully saturated rings. The zero-order valence-corrected chi connectivity index (χ0v) is 8.24. The summed E-state index contributed by atoms with van der Waals surface area (Å²) in [6.07, 6.45) is 0. The van der Waals surface area contributed by atoms with E-state index in [1.54, 1.807) is 0 Å². The number of nitro groups is 1. The molecule has 9 heteroatoms. The maximum Gasteiger partial charge on any atom is 0.315 e. The first-order valence-corrected chi connectivity index (χ1v) is 4.34. The molecule has 2 aromatic heterocycles. The number of aromatic amines is 2. The van der Waals surface area contributed by atoms with Crippen molar-refractivity contribution in [3.05, 3.63) is 42.0 Å². The number of nitrogens with one attached hydrogen (secondary N) is 2. The second-order valence-electron chi connectivity index (χ2n) is 2.85. The van der Waals surface area contributed by atoms with Crippen molar-refractivity contribution < 1.29 is 4.92 Å². The van der Waals surface area contributed by atoms with Gasteiger partial charge in [0.2, 0.25) is 0 Å². The zero-order valence-electron chi connectivity index (χ0n) is 7.48. The number of nitrogens with zero attached hydrogens (tertiary/aromatic N) is 2. The molecule has 0 aliphatic heterocycles. The molecular weight excluding hydrogens is 240 g/mol. The van der Waals surface area contributed by atoms with Crippen LogP contribution in [0.5, 0.6) is 0 Å². The van der Waals surface area contributed by atoms with Crippen molar-refractivity contribution in [3.63, 3.8) is 0 Å². The lowest BCUT2D eigenvalue weighted by molar-refractivity contribution is -0.383. The summed E-state index contributed by atoms with van der Waals surface area (Å²) in [6, 6.07) is 0.984. The van der Waals surface area contributed by atoms with Crippen molar-refractivity contribution in [2.45, 2.75) is 0 Å². The summed E-state index contributed by atoms with van der Waals surface area (Å²) in [5.74, 6) is 0. The Labute approximate surface area is 91.1 Å². The Hall–Kier alpha value is -2.22. The molecule has 0 radical (unpaired) electrons. The number of pyridine rings is 1. The van der Waals surface area contributed by atoms with Gasteiger partial charge >= 0.3 is 11.1 Å². The van der Waals surface area contributed by atoms with E-state index in [1.807, 2.05) is 0 Å². The van der Waals surface area contributed by atoms with Crippen LogP contribution in [0.4, 0.5) is 5.69 Å². The van der Waals surface area contributed by atoms with Crippen LogP contribution in [0, 0.1) is 10.1 Å². The molecule has 0 amide bonds. The molecule has 2 heterocycles. The molecule has 0 saturated carbocycles. The van der Waals surface area contributed by atoms with Crippen LogP contribution < -0.4 is 11.1 Å². The first-order chi connectivity index (χ1) is 7.49. The molecule has 0 saturated heterocycles. The maximum atomic E-state index is 11.0. The van der Waals surface area contributed by atoms with Gasteiger partial charge in [-0.3, -0.25) is 19.7 Å². The average molecular weight is 243 g/mol. The maximum absolute atomic E-state index is 11.0. The van der Waals surface area contributed by atoms with Crippen LogP contribution in [-0.2, 0) is 0 Å². The number of hydrogen-bond donors (Lipinski definition) is 2. The van der Waals surface area contributed by atoms with Gasteiger partial charge in [0, 0.05) is 0 Å². The Bertz CT molecular complexity index is 704. The fourth-order valence-corrected chi connectivity index (χ4v) is 1.38. The lowest BCUT2D eigenvalue weighted by atomic mass is 10.3. The van der Waals surface area contributed by atoms with E-state index in [1.165, 1.54) is 0 Å². The van der Waals surface area contributed by atoms with E-state index >= 15 is 0 Å². The van der Waals surface area contributed by atoms with Crippen molar-refractivity contribution in [3.8, 4) is 0 Å². The number of aromatic nitrogens is 3. The fraction of sp³-hybridized carbons (Fsp3) is 0. The lowest BCUT2D eigenvalue weighted by Gasteiger charge is -1.98. The van der Waals surface area contributed by atoms with Crippen LogP contribution in [0.1, 0.15) is 0 Å². The topological polar surface area (TPSA) is 122 Å². The molecule has 0 bridgehead atoms. The monoisotopic (exact) mass is 242 g/mol. The number of halogens is 1. The molecule has 82 valence electrons. The van der Waals surface area contributed by atoms with Gasteiger partial charge in [0.25, 0.3) is 5.69 Å². The molecule has 16 heavy (non-hydrogen) atoms. The van der Waals surface area contributed by atoms with Crippen molar-refractivity contribution in [1.29, 1.82) is 0 Å². The third-order valence-corrected chi connectivity index (χ3v) is 2.03. The second-order valence-corrected chi connectivity index (χ2v) is 3.24. The van der Waals surface area contributed by atoms with E-state index in [9.17, 15) is 19.7 Å². The van der Waals surface area contributed by atoms with E-state index in [0.29, 0.717) is 0 Å². The number of rotatable bonds is 1. The Morgan fingerprint density at radius 2 is 1.94 bits per heavy atom. The van der Waals surface area contributed by atoms with Gasteiger partial charge in [0.15, 0.2) is 11.2 Å². The molecule has 2 N–H and O–H groups in total. The minimum Gasteiger partial charge on any atom is -0.309 e. The van der Waals surface area contributed by atoms with Gasteiger partial charge in [-0.15, -0.1) is 0 Å². The van der Waals surface area contributed by atoms with Gasteiger partial charge in [0.1, 0.15) is 5.15 Å². The third kappa shape index (κ3) is 1.54. The standard InChI is InChI=1S/C7H3ClN4O4/c8-3-1-2(12(15)16)4-5(9-3)11-7(14)6(13)10-4/h1H,(H,10,13)(H,9,11,14). The normalized spacial score (nSPS) is 10.6. The van der Waals surface area contributed by atoms with Crippen molar-refractivity contribution in [2.75, 3.05) is 0 Å². The smallest absolute Gasteiger partial charge is 0.309 e. The second kappa shape index (κ2) is 3.42. The first-order valence-electron chi connectivity index (χ1n) is 3.96. The molecule has 0 aliphatic rings. The summed E-state index contributed by atoms with van der Waals surface area (Å²) in [6.45, 7) is 0. The van der Waals surface area contributed by atoms with Gasteiger partial charge in [-0.1, -0.05) is 11.6 Å². The molecule has 0 spiro atoms. The van der Waals surface area contributed by atoms with Gasteiger partial charge in [-0.25, -0.2) is 4.98 Å². The SMILES string of the molecule is O=c1[nH]c2nc(Cl)cc([N+](=O)[O-])c2[nH]c1=O. The predicted octanol–water partition coefficient (Wildman–Crippen LogP) is 0.173. The Kier molecular flexibility index (Phi) is 2.20. The van der Waals surface area contributed by atoms with E-state index < -0.39 is 21.7 Å². The fourth-order valence-electron chi connectivity index (χ4n) is 1.19. The van der Waals surface area contributed by atoms with Crippen molar-refractivity contribution in [2.24, 2.45) is 0 Å². The van der Waals surface area contributed by atoms with Crippen LogP contribution in [0.15, 0.2) is 15.7 Å². The number of hydrogen-bond acceptors (Lipinski definition) is 5. The van der Waals surface area contributed by atoms with Crippen LogP contribution in [-0.4, -0.2) is 19.9 Å². The summed E-state index contributed by atoms with van der Waals surface area (Å²) in [4.78, 5) is 39.7. The molecule has 2 rings (SSSR count). The van der Waals surface area contributed by atoms with E-state index in [-0.39, 0.29) is 16.3 Å². The Balaban J connectivity index is 3.02. The summed E-state index contributed by atoms with van der Waals surface area (Å²) in [7, 11) is 0. The van der Waals surface area contributed by atoms with Crippen LogP contribution in [0.25, 0.3) is 11.2 Å². The molecule has 8 nitrogen and oxygen atoms in total. The van der Waals surface area contributed by atoms with Gasteiger partial charge in [0.05, 0.1) is 11.0 Å². The molecule has 0 atom stereocenters. The Morgan fingerprint density at radius 3 is 2.56 bits per heavy atom. The molecular formula is C7H3ClN4O4. The van der Waals surface area contributed by atoms with Gasteiger partial charge in [-0.05, 0) is 0 Å². The highest BCUT2D eigenvalue weighted by Gasteiger charge is 2.16. The Morgan fingerprint density at radius 1 is 1.31 bits per heavy atom. The van der Waals surface area contributed by atoms with Gasteiger partial charge in [-0.2, -0.15) is 0 Å². The molecule has 0 aliphatic carbocycles. The van der Waals surface area contributed by atoms with Crippen molar-refractivity contribution in [1.82, 2.24) is 15.0 Å². The quantitative estimate of drug-likeness (QED) is 0.319. The van der Waals surface area contributed by atoms with E-state index in [0.717, 1.165) is 6.07 Å². The summed E-state index contributed by atoms with van der Waals surface area (Å²) >= 11 is 5.53.